The van der Waals surface area contributed by atoms with Crippen LogP contribution >= 0.6 is 0 Å². The van der Waals surface area contributed by atoms with Crippen molar-refractivity contribution in [1.29, 1.82) is 0 Å². The summed E-state index contributed by atoms with van der Waals surface area (Å²) in [5, 5.41) is 10.4. The van der Waals surface area contributed by atoms with Crippen molar-refractivity contribution >= 4 is 11.6 Å². The van der Waals surface area contributed by atoms with Gasteiger partial charge in [-0.1, -0.05) is 0 Å². The fourth-order valence-electron chi connectivity index (χ4n) is 1.60. The lowest BCUT2D eigenvalue weighted by Gasteiger charge is -2.08. The van der Waals surface area contributed by atoms with Gasteiger partial charge in [0.1, 0.15) is 5.75 Å². The summed E-state index contributed by atoms with van der Waals surface area (Å²) in [6, 6.07) is 5.14. The van der Waals surface area contributed by atoms with Gasteiger partial charge >= 0.3 is 0 Å². The lowest BCUT2D eigenvalue weighted by atomic mass is 10.1. The number of hydrogen-bond donors (Lipinski definition) is 2. The Morgan fingerprint density at radius 2 is 2.26 bits per heavy atom. The van der Waals surface area contributed by atoms with E-state index in [0.29, 0.717) is 28.8 Å². The Kier molecular flexibility index (Phi) is 3.76. The first-order valence-corrected chi connectivity index (χ1v) is 5.62. The topological polar surface area (TPSA) is 103 Å². The summed E-state index contributed by atoms with van der Waals surface area (Å²) < 4.78 is 10.6. The highest BCUT2D eigenvalue weighted by Gasteiger charge is 2.14. The molecule has 1 amide bonds. The van der Waals surface area contributed by atoms with E-state index in [1.54, 1.807) is 18.2 Å². The Morgan fingerprint density at radius 1 is 1.47 bits per heavy atom. The van der Waals surface area contributed by atoms with Gasteiger partial charge in [0.15, 0.2) is 0 Å². The van der Waals surface area contributed by atoms with Crippen LogP contribution in [0.4, 0.5) is 5.69 Å². The van der Waals surface area contributed by atoms with Crippen LogP contribution in [-0.4, -0.2) is 23.2 Å². The number of aromatic nitrogens is 2. The summed E-state index contributed by atoms with van der Waals surface area (Å²) in [5.74, 6) is 1.04. The molecule has 0 bridgehead atoms. The number of benzene rings is 1. The summed E-state index contributed by atoms with van der Waals surface area (Å²) in [6.07, 6.45) is 0. The molecule has 19 heavy (non-hydrogen) atoms. The van der Waals surface area contributed by atoms with E-state index >= 15 is 0 Å². The maximum Gasteiger partial charge on any atom is 0.251 e. The first-order chi connectivity index (χ1) is 9.13. The molecule has 0 fully saturated rings. The number of hydrogen-bond acceptors (Lipinski definition) is 6. The van der Waals surface area contributed by atoms with Crippen LogP contribution in [0, 0.1) is 0 Å². The second-order valence-corrected chi connectivity index (χ2v) is 3.80. The predicted molar refractivity (Wildman–Crippen MR) is 68.5 cm³/mol. The van der Waals surface area contributed by atoms with Gasteiger partial charge in [-0.15, -0.1) is 10.2 Å². The van der Waals surface area contributed by atoms with Gasteiger partial charge in [-0.05, 0) is 18.2 Å². The Morgan fingerprint density at radius 3 is 2.84 bits per heavy atom. The fourth-order valence-corrected chi connectivity index (χ4v) is 1.60. The minimum absolute atomic E-state index is 0.163. The first kappa shape index (κ1) is 13.0. The van der Waals surface area contributed by atoms with Gasteiger partial charge < -0.3 is 20.2 Å². The first-order valence-electron chi connectivity index (χ1n) is 5.62. The number of methoxy groups -OCH3 is 1. The second kappa shape index (κ2) is 5.49. The highest BCUT2D eigenvalue weighted by molar-refractivity contribution is 5.89. The molecule has 0 radical (unpaired) electrons. The van der Waals surface area contributed by atoms with Crippen molar-refractivity contribution in [3.05, 3.63) is 24.1 Å². The zero-order valence-electron chi connectivity index (χ0n) is 10.6. The Bertz CT molecular complexity index is 594. The molecule has 0 saturated heterocycles. The quantitative estimate of drug-likeness (QED) is 0.857. The molecule has 3 N–H and O–H groups in total. The highest BCUT2D eigenvalue weighted by atomic mass is 16.5. The number of carbonyl (C=O) groups excluding carboxylic acids is 1. The van der Waals surface area contributed by atoms with Gasteiger partial charge in [-0.2, -0.15) is 0 Å². The summed E-state index contributed by atoms with van der Waals surface area (Å²) in [7, 11) is 1.54. The SMILES string of the molecule is COc1ccc(NC(C)=O)cc1-c1nnc(CN)o1. The third-order valence-electron chi connectivity index (χ3n) is 2.39. The van der Waals surface area contributed by atoms with Crippen LogP contribution in [0.3, 0.4) is 0 Å². The fraction of sp³-hybridized carbons (Fsp3) is 0.250. The molecule has 0 atom stereocenters. The molecule has 0 spiro atoms. The number of nitrogens with one attached hydrogen (secondary N) is 1. The molecule has 100 valence electrons. The van der Waals surface area contributed by atoms with Crippen LogP contribution in [0.15, 0.2) is 22.6 Å². The van der Waals surface area contributed by atoms with E-state index in [0.717, 1.165) is 0 Å². The molecule has 0 unspecified atom stereocenters. The lowest BCUT2D eigenvalue weighted by Crippen LogP contribution is -2.05. The smallest absolute Gasteiger partial charge is 0.251 e. The summed E-state index contributed by atoms with van der Waals surface area (Å²) >= 11 is 0. The van der Waals surface area contributed by atoms with Crippen LogP contribution in [0.25, 0.3) is 11.5 Å². The summed E-state index contributed by atoms with van der Waals surface area (Å²) in [6.45, 7) is 1.60. The second-order valence-electron chi connectivity index (χ2n) is 3.80. The molecule has 1 heterocycles. The molecule has 7 nitrogen and oxygen atoms in total. The van der Waals surface area contributed by atoms with E-state index in [-0.39, 0.29) is 12.5 Å². The van der Waals surface area contributed by atoms with E-state index < -0.39 is 0 Å². The number of carbonyl (C=O) groups is 1. The van der Waals surface area contributed by atoms with Gasteiger partial charge in [-0.25, -0.2) is 0 Å². The summed E-state index contributed by atoms with van der Waals surface area (Å²) in [5.41, 5.74) is 6.64. The lowest BCUT2D eigenvalue weighted by molar-refractivity contribution is -0.114. The van der Waals surface area contributed by atoms with Crippen molar-refractivity contribution in [2.75, 3.05) is 12.4 Å². The molecule has 1 aromatic carbocycles. The van der Waals surface area contributed by atoms with Gasteiger partial charge in [0.25, 0.3) is 5.89 Å². The number of nitrogens with zero attached hydrogens (tertiary/aromatic N) is 2. The van der Waals surface area contributed by atoms with E-state index in [2.05, 4.69) is 15.5 Å². The molecule has 2 aromatic rings. The average Bonchev–Trinajstić information content (AvgIpc) is 2.86. The number of amides is 1. The highest BCUT2D eigenvalue weighted by Crippen LogP contribution is 2.31. The van der Waals surface area contributed by atoms with Crippen LogP contribution in [-0.2, 0) is 11.3 Å². The number of anilines is 1. The van der Waals surface area contributed by atoms with Crippen LogP contribution in [0.2, 0.25) is 0 Å². The van der Waals surface area contributed by atoms with Crippen molar-refractivity contribution in [2.45, 2.75) is 13.5 Å². The van der Waals surface area contributed by atoms with Gasteiger partial charge in [0, 0.05) is 12.6 Å². The van der Waals surface area contributed by atoms with Crippen molar-refractivity contribution in [3.63, 3.8) is 0 Å². The van der Waals surface area contributed by atoms with Crippen LogP contribution in [0.5, 0.6) is 5.75 Å². The third kappa shape index (κ3) is 2.89. The number of ether oxygens (including phenoxy) is 1. The third-order valence-corrected chi connectivity index (χ3v) is 2.39. The molecule has 0 saturated carbocycles. The number of nitrogens with two attached hydrogens (primary N) is 1. The maximum absolute atomic E-state index is 11.1. The van der Waals surface area contributed by atoms with E-state index in [1.807, 2.05) is 0 Å². The van der Waals surface area contributed by atoms with Crippen molar-refractivity contribution in [3.8, 4) is 17.2 Å². The molecule has 0 aliphatic heterocycles. The monoisotopic (exact) mass is 262 g/mol. The predicted octanol–water partition coefficient (Wildman–Crippen LogP) is 1.16. The Balaban J connectivity index is 2.43. The van der Waals surface area contributed by atoms with Crippen LogP contribution in [0.1, 0.15) is 12.8 Å². The van der Waals surface area contributed by atoms with Crippen molar-refractivity contribution in [1.82, 2.24) is 10.2 Å². The number of rotatable bonds is 4. The minimum Gasteiger partial charge on any atom is -0.496 e. The normalized spacial score (nSPS) is 10.3. The van der Waals surface area contributed by atoms with Gasteiger partial charge in [0.05, 0.1) is 19.2 Å². The molecular weight excluding hydrogens is 248 g/mol. The Labute approximate surface area is 109 Å². The van der Waals surface area contributed by atoms with Crippen LogP contribution < -0.4 is 15.8 Å². The largest absolute Gasteiger partial charge is 0.496 e. The van der Waals surface area contributed by atoms with E-state index in [1.165, 1.54) is 14.0 Å². The average molecular weight is 262 g/mol. The molecule has 2 rings (SSSR count). The zero-order valence-corrected chi connectivity index (χ0v) is 10.6. The van der Waals surface area contributed by atoms with Gasteiger partial charge in [-0.3, -0.25) is 4.79 Å². The summed E-state index contributed by atoms with van der Waals surface area (Å²) in [4.78, 5) is 11.1. The molecule has 1 aromatic heterocycles. The maximum atomic E-state index is 11.1. The standard InChI is InChI=1S/C12H14N4O3/c1-7(17)14-8-3-4-10(18-2)9(5-8)12-16-15-11(6-13)19-12/h3-5H,6,13H2,1-2H3,(H,14,17). The van der Waals surface area contributed by atoms with E-state index in [4.69, 9.17) is 14.9 Å². The molecular formula is C12H14N4O3. The molecule has 0 aliphatic carbocycles. The van der Waals surface area contributed by atoms with Crippen molar-refractivity contribution in [2.24, 2.45) is 5.73 Å². The molecule has 0 aliphatic rings. The zero-order chi connectivity index (χ0) is 13.8. The Hall–Kier alpha value is -2.41. The van der Waals surface area contributed by atoms with Gasteiger partial charge in [0.2, 0.25) is 11.8 Å². The van der Waals surface area contributed by atoms with Crippen molar-refractivity contribution < 1.29 is 13.9 Å². The van der Waals surface area contributed by atoms with E-state index in [9.17, 15) is 4.79 Å². The minimum atomic E-state index is -0.163. The molecule has 7 heteroatoms.